The molecule has 148 heavy (non-hydrogen) atoms. The lowest BCUT2D eigenvalue weighted by Gasteiger charge is -2.25. The largest absolute Gasteiger partial charge is 0.437 e. The van der Waals surface area contributed by atoms with Gasteiger partial charge in [0.05, 0.1) is 79.2 Å². The van der Waals surface area contributed by atoms with E-state index in [0.717, 1.165) is 170 Å². The summed E-state index contributed by atoms with van der Waals surface area (Å²) in [5, 5.41) is 31.6. The third kappa shape index (κ3) is 13.8. The van der Waals surface area contributed by atoms with Crippen LogP contribution in [-0.4, -0.2) is 43.6 Å². The molecule has 16 heteroatoms. The second-order valence-electron chi connectivity index (χ2n) is 38.4. The fraction of sp³-hybridized carbons (Fsp3) is 0.0227. The molecule has 0 N–H and O–H groups in total. The predicted molar refractivity (Wildman–Crippen MR) is 615 cm³/mol. The van der Waals surface area contributed by atoms with Crippen LogP contribution in [0.5, 0.6) is 0 Å². The van der Waals surface area contributed by atoms with Crippen molar-refractivity contribution in [3.63, 3.8) is 0 Å². The molecule has 0 unspecified atom stereocenters. The Morgan fingerprint density at radius 2 is 0.703 bits per heavy atom. The van der Waals surface area contributed by atoms with Crippen LogP contribution in [0.1, 0.15) is 30.5 Å². The third-order valence-corrected chi connectivity index (χ3v) is 33.1. The van der Waals surface area contributed by atoms with Crippen LogP contribution in [0.4, 0.5) is 11.4 Å². The number of hydrogen-bond acceptors (Lipinski definition) is 11. The van der Waals surface area contributed by atoms with Gasteiger partial charge in [0.25, 0.3) is 0 Å². The Labute approximate surface area is 858 Å². The highest BCUT2D eigenvalue weighted by Gasteiger charge is 2.42. The maximum atomic E-state index is 9.41. The van der Waals surface area contributed by atoms with E-state index in [1.165, 1.54) is 94.4 Å². The number of aromatic nitrogens is 9. The van der Waals surface area contributed by atoms with Gasteiger partial charge in [-0.3, -0.25) is 13.7 Å². The molecule has 0 atom stereocenters. The van der Waals surface area contributed by atoms with Crippen molar-refractivity contribution in [2.45, 2.75) is 19.3 Å². The minimum Gasteiger partial charge on any atom is -0.437 e. The SMILES string of the molecule is CC1(C)c2cc(-c3ccc(C#N)cc3)ccc2-c2nc(-c3ccc4sc5ccccc5c4c3)nc(-n3c4ccccc4c4cc5ccccc5cc43)c21.[C-]#[N+]c1ccc(-c2ccc3sc4c(-n5c6ccccc6c6cc7ccccc7cc65)nc(-c5ccc6sc7ccccc7c6c5)nc4c3c2)cc1.[C-]#[N+]c1cccc(-c2ccc3oc4nc(-c5ccccc5)nc(-n5c6ccccc6c6cc7ccccc7cc65)c4c3c2)c1. The minimum atomic E-state index is -0.413. The Hall–Kier alpha value is -19.3. The van der Waals surface area contributed by atoms with Crippen molar-refractivity contribution in [3.05, 3.63) is 464 Å². The lowest BCUT2D eigenvalue weighted by atomic mass is 9.81. The zero-order valence-corrected chi connectivity index (χ0v) is 81.9. The Morgan fingerprint density at radius 1 is 0.291 bits per heavy atom. The normalized spacial score (nSPS) is 12.3. The van der Waals surface area contributed by atoms with Crippen molar-refractivity contribution in [2.75, 3.05) is 0 Å². The van der Waals surface area contributed by atoms with Crippen molar-refractivity contribution in [2.24, 2.45) is 0 Å². The molecule has 0 bridgehead atoms. The number of para-hydroxylation sites is 3. The van der Waals surface area contributed by atoms with E-state index in [1.54, 1.807) is 11.3 Å². The highest BCUT2D eigenvalue weighted by Crippen LogP contribution is 2.55. The third-order valence-electron chi connectivity index (χ3n) is 29.6. The minimum absolute atomic E-state index is 0.413. The summed E-state index contributed by atoms with van der Waals surface area (Å²) in [5.41, 5.74) is 24.0. The van der Waals surface area contributed by atoms with Crippen molar-refractivity contribution in [3.8, 4) is 102 Å². The molecule has 1 aliphatic rings. The van der Waals surface area contributed by atoms with Crippen molar-refractivity contribution in [1.29, 1.82) is 5.26 Å². The molecule has 10 aromatic heterocycles. The topological polar surface area (TPSA) is 138 Å². The van der Waals surface area contributed by atoms with Crippen molar-refractivity contribution >= 4 is 226 Å². The van der Waals surface area contributed by atoms with Gasteiger partial charge in [-0.15, -0.1) is 34.0 Å². The van der Waals surface area contributed by atoms with Gasteiger partial charge in [-0.05, 0) is 223 Å². The van der Waals surface area contributed by atoms with E-state index >= 15 is 0 Å². The van der Waals surface area contributed by atoms with Gasteiger partial charge in [-0.2, -0.15) is 10.2 Å². The summed E-state index contributed by atoms with van der Waals surface area (Å²) in [4.78, 5) is 39.5. The van der Waals surface area contributed by atoms with E-state index in [9.17, 15) is 5.26 Å². The van der Waals surface area contributed by atoms with Crippen LogP contribution in [0, 0.1) is 24.5 Å². The average Bonchev–Trinajstić information content (AvgIpc) is 1.56. The summed E-state index contributed by atoms with van der Waals surface area (Å²) in [6.07, 6.45) is 0. The van der Waals surface area contributed by atoms with Gasteiger partial charge in [-0.1, -0.05) is 287 Å². The van der Waals surface area contributed by atoms with Crippen molar-refractivity contribution < 1.29 is 4.42 Å². The van der Waals surface area contributed by atoms with Gasteiger partial charge in [0.1, 0.15) is 11.4 Å². The molecule has 31 rings (SSSR count). The molecule has 0 fully saturated rings. The summed E-state index contributed by atoms with van der Waals surface area (Å²) in [7, 11) is 0. The Kier molecular flexibility index (Phi) is 19.5. The van der Waals surface area contributed by atoms with Crippen LogP contribution < -0.4 is 0 Å². The summed E-state index contributed by atoms with van der Waals surface area (Å²) >= 11 is 5.38. The highest BCUT2D eigenvalue weighted by molar-refractivity contribution is 7.26. The number of furan rings is 1. The molecule has 0 saturated heterocycles. The fourth-order valence-corrected chi connectivity index (χ4v) is 25.8. The molecule has 10 heterocycles. The molecule has 1 aliphatic carbocycles. The number of benzene rings is 20. The number of hydrogen-bond donors (Lipinski definition) is 0. The van der Waals surface area contributed by atoms with Gasteiger partial charge in [0.15, 0.2) is 40.5 Å². The molecule has 0 amide bonds. The first kappa shape index (κ1) is 85.5. The van der Waals surface area contributed by atoms with Gasteiger partial charge in [0, 0.05) is 121 Å². The van der Waals surface area contributed by atoms with Crippen molar-refractivity contribution in [1.82, 2.24) is 43.6 Å². The molecule has 30 aromatic rings. The molecular weight excluding hydrogens is 1870 g/mol. The van der Waals surface area contributed by atoms with Crippen LogP contribution in [0.3, 0.4) is 0 Å². The zero-order chi connectivity index (χ0) is 98.3. The highest BCUT2D eigenvalue weighted by atomic mass is 32.1. The standard InChI is InChI=1S/C48H30N4S.C45H24N4S2.C39H22N4O/c1-48(2)39-25-32(29-17-15-28(27-49)16-18-29)19-21-36(39)45-44(48)47(51-46(50-45)33-20-22-43-38(24-33)35-12-6-8-14-42(35)53-43)52-40-13-7-5-11-34(40)37-23-30-9-3-4-10-31(30)26-41(37)52;1-46-31-18-14-26(15-19-31)29-16-20-41-36(23-29)42-43(51-41)45(48-44(47-42)30-17-21-40-35(24-30)33-11-5-7-13-39(33)50-40)49-37-12-6-4-10-32(37)34-22-27-8-2-3-9-28(27)25-38(34)49;1-40-29-15-9-14-25(20-29)28-18-19-35-32(22-28)36-38(41-37(42-39(36)44-35)24-10-3-2-4-11-24)43-33-17-8-7-16-30(33)31-21-26-12-5-6-13-27(26)23-34(31)43/h3-26H,1-2H3;2-25H;2-23H. The predicted octanol–water partition coefficient (Wildman–Crippen LogP) is 36.5. The first-order valence-corrected chi connectivity index (χ1v) is 51.5. The summed E-state index contributed by atoms with van der Waals surface area (Å²) in [5.74, 6) is 4.57. The fourth-order valence-electron chi connectivity index (χ4n) is 22.5. The second kappa shape index (κ2) is 33.7. The molecule has 0 aliphatic heterocycles. The first-order chi connectivity index (χ1) is 72.9. The van der Waals surface area contributed by atoms with E-state index in [4.69, 9.17) is 47.5 Å². The number of nitriles is 1. The molecule has 20 aromatic carbocycles. The molecule has 13 nitrogen and oxygen atoms in total. The zero-order valence-electron chi connectivity index (χ0n) is 79.4. The van der Waals surface area contributed by atoms with Crippen LogP contribution >= 0.6 is 34.0 Å². The smallest absolute Gasteiger partial charge is 0.233 e. The van der Waals surface area contributed by atoms with Crippen LogP contribution in [0.2, 0.25) is 0 Å². The van der Waals surface area contributed by atoms with Crippen LogP contribution in [0.25, 0.3) is 286 Å². The molecule has 0 spiro atoms. The number of thiophene rings is 3. The maximum absolute atomic E-state index is 9.41. The van der Waals surface area contributed by atoms with Gasteiger partial charge >= 0.3 is 0 Å². The van der Waals surface area contributed by atoms with Gasteiger partial charge in [-0.25, -0.2) is 34.6 Å². The Balaban J connectivity index is 0.000000105. The average molecular weight is 1940 g/mol. The monoisotopic (exact) mass is 1940 g/mol. The van der Waals surface area contributed by atoms with E-state index in [1.807, 2.05) is 138 Å². The Bertz CT molecular complexity index is 11100. The summed E-state index contributed by atoms with van der Waals surface area (Å²) in [6.45, 7) is 19.5. The molecule has 688 valence electrons. The Morgan fingerprint density at radius 3 is 1.27 bits per heavy atom. The van der Waals surface area contributed by atoms with E-state index < -0.39 is 5.41 Å². The van der Waals surface area contributed by atoms with Gasteiger partial charge in [0.2, 0.25) is 5.71 Å². The summed E-state index contributed by atoms with van der Waals surface area (Å²) in [6, 6.07) is 151. The van der Waals surface area contributed by atoms with Gasteiger partial charge < -0.3 is 4.42 Å². The number of fused-ring (bicyclic) bond motifs is 27. The second-order valence-corrected chi connectivity index (χ2v) is 41.6. The number of nitrogens with zero attached hydrogens (tertiary/aromatic N) is 12. The van der Waals surface area contributed by atoms with E-state index in [0.29, 0.717) is 40.1 Å². The number of rotatable bonds is 9. The van der Waals surface area contributed by atoms with E-state index in [2.05, 4.69) is 353 Å². The first-order valence-electron chi connectivity index (χ1n) is 49.1. The lowest BCUT2D eigenvalue weighted by molar-refractivity contribution is 0.650. The molecular formula is C132H76N12OS3. The van der Waals surface area contributed by atoms with Crippen LogP contribution in [-0.2, 0) is 5.41 Å². The lowest BCUT2D eigenvalue weighted by Crippen LogP contribution is -2.20. The van der Waals surface area contributed by atoms with E-state index in [-0.39, 0.29) is 0 Å². The van der Waals surface area contributed by atoms with Crippen LogP contribution in [0.15, 0.2) is 429 Å². The maximum Gasteiger partial charge on any atom is 0.233 e. The summed E-state index contributed by atoms with van der Waals surface area (Å²) < 4.78 is 20.7. The molecule has 0 radical (unpaired) electrons. The molecule has 0 saturated carbocycles. The quantitative estimate of drug-likeness (QED) is 0.130.